The van der Waals surface area contributed by atoms with Crippen LogP contribution >= 0.6 is 0 Å². The quantitative estimate of drug-likeness (QED) is 0.671. The molecule has 98 valence electrons. The van der Waals surface area contributed by atoms with Gasteiger partial charge in [0.25, 0.3) is 0 Å². The van der Waals surface area contributed by atoms with Crippen LogP contribution in [0.25, 0.3) is 0 Å². The average Bonchev–Trinajstić information content (AvgIpc) is 2.78. The number of amides is 1. The molecule has 0 bridgehead atoms. The summed E-state index contributed by atoms with van der Waals surface area (Å²) in [6, 6.07) is 0. The second kappa shape index (κ2) is 7.30. The van der Waals surface area contributed by atoms with Crippen LogP contribution in [0, 0.1) is 11.8 Å². The highest BCUT2D eigenvalue weighted by molar-refractivity contribution is 5.80. The van der Waals surface area contributed by atoms with Crippen molar-refractivity contribution < 1.29 is 14.7 Å². The molecule has 1 aliphatic carbocycles. The monoisotopic (exact) mass is 241 g/mol. The van der Waals surface area contributed by atoms with Crippen LogP contribution in [0.5, 0.6) is 0 Å². The summed E-state index contributed by atoms with van der Waals surface area (Å²) in [6.45, 7) is 2.89. The molecule has 2 N–H and O–H groups in total. The Hall–Kier alpha value is -1.06. The predicted molar refractivity (Wildman–Crippen MR) is 65.6 cm³/mol. The van der Waals surface area contributed by atoms with Gasteiger partial charge in [0, 0.05) is 12.5 Å². The second-order valence-electron chi connectivity index (χ2n) is 4.90. The number of hydrogen-bond acceptors (Lipinski definition) is 2. The SMILES string of the molecule is CCCCCCNC(=O)[C@@H]1CC[C@H](C(=O)O)C1. The smallest absolute Gasteiger partial charge is 0.306 e. The Kier molecular flexibility index (Phi) is 6.01. The first-order valence-corrected chi connectivity index (χ1v) is 6.65. The molecule has 1 rings (SSSR count). The lowest BCUT2D eigenvalue weighted by Crippen LogP contribution is -2.30. The summed E-state index contributed by atoms with van der Waals surface area (Å²) in [7, 11) is 0. The van der Waals surface area contributed by atoms with Crippen molar-refractivity contribution in [1.82, 2.24) is 5.32 Å². The summed E-state index contributed by atoms with van der Waals surface area (Å²) >= 11 is 0. The number of aliphatic carboxylic acids is 1. The average molecular weight is 241 g/mol. The topological polar surface area (TPSA) is 66.4 Å². The second-order valence-corrected chi connectivity index (χ2v) is 4.90. The lowest BCUT2D eigenvalue weighted by Gasteiger charge is -2.10. The Morgan fingerprint density at radius 2 is 1.88 bits per heavy atom. The van der Waals surface area contributed by atoms with E-state index < -0.39 is 5.97 Å². The molecule has 1 aliphatic rings. The van der Waals surface area contributed by atoms with Crippen molar-refractivity contribution in [2.24, 2.45) is 11.8 Å². The van der Waals surface area contributed by atoms with Gasteiger partial charge in [-0.25, -0.2) is 0 Å². The molecule has 1 saturated carbocycles. The zero-order valence-electron chi connectivity index (χ0n) is 10.6. The molecule has 0 aliphatic heterocycles. The van der Waals surface area contributed by atoms with Gasteiger partial charge in [-0.3, -0.25) is 9.59 Å². The molecule has 2 atom stereocenters. The molecular weight excluding hydrogens is 218 g/mol. The molecule has 0 spiro atoms. The van der Waals surface area contributed by atoms with E-state index in [0.29, 0.717) is 12.8 Å². The molecule has 1 amide bonds. The number of carbonyl (C=O) groups excluding carboxylic acids is 1. The summed E-state index contributed by atoms with van der Waals surface area (Å²) in [6.07, 6.45) is 6.45. The highest BCUT2D eigenvalue weighted by Gasteiger charge is 2.33. The van der Waals surface area contributed by atoms with Gasteiger partial charge < -0.3 is 10.4 Å². The Bertz CT molecular complexity index is 265. The lowest BCUT2D eigenvalue weighted by molar-refractivity contribution is -0.141. The van der Waals surface area contributed by atoms with E-state index in [1.807, 2.05) is 0 Å². The third-order valence-corrected chi connectivity index (χ3v) is 3.48. The van der Waals surface area contributed by atoms with Gasteiger partial charge in [-0.05, 0) is 25.7 Å². The molecular formula is C13H23NO3. The van der Waals surface area contributed by atoms with Gasteiger partial charge in [-0.15, -0.1) is 0 Å². The minimum Gasteiger partial charge on any atom is -0.481 e. The summed E-state index contributed by atoms with van der Waals surface area (Å²) < 4.78 is 0. The molecule has 1 fully saturated rings. The van der Waals surface area contributed by atoms with Crippen molar-refractivity contribution in [2.45, 2.75) is 51.9 Å². The van der Waals surface area contributed by atoms with E-state index in [-0.39, 0.29) is 17.7 Å². The van der Waals surface area contributed by atoms with E-state index in [9.17, 15) is 9.59 Å². The van der Waals surface area contributed by atoms with Gasteiger partial charge >= 0.3 is 5.97 Å². The third kappa shape index (κ3) is 4.75. The van der Waals surface area contributed by atoms with Crippen molar-refractivity contribution in [3.63, 3.8) is 0 Å². The van der Waals surface area contributed by atoms with Gasteiger partial charge in [0.2, 0.25) is 5.91 Å². The Balaban J connectivity index is 2.14. The molecule has 0 aromatic heterocycles. The van der Waals surface area contributed by atoms with E-state index in [1.165, 1.54) is 12.8 Å². The maximum atomic E-state index is 11.7. The predicted octanol–water partition coefficient (Wildman–Crippen LogP) is 2.18. The first-order valence-electron chi connectivity index (χ1n) is 6.65. The van der Waals surface area contributed by atoms with Crippen LogP contribution < -0.4 is 5.32 Å². The molecule has 0 heterocycles. The number of hydrogen-bond donors (Lipinski definition) is 2. The van der Waals surface area contributed by atoms with Crippen LogP contribution in [-0.2, 0) is 9.59 Å². The minimum atomic E-state index is -0.761. The molecule has 0 radical (unpaired) electrons. The normalized spacial score (nSPS) is 23.6. The Labute approximate surface area is 103 Å². The fourth-order valence-corrected chi connectivity index (χ4v) is 2.35. The van der Waals surface area contributed by atoms with Crippen LogP contribution in [0.15, 0.2) is 0 Å². The fraction of sp³-hybridized carbons (Fsp3) is 0.846. The number of unbranched alkanes of at least 4 members (excludes halogenated alkanes) is 3. The standard InChI is InChI=1S/C13H23NO3/c1-2-3-4-5-8-14-12(15)10-6-7-11(9-10)13(16)17/h10-11H,2-9H2,1H3,(H,14,15)(H,16,17)/t10-,11+/m1/s1. The minimum absolute atomic E-state index is 0.0465. The van der Waals surface area contributed by atoms with Crippen molar-refractivity contribution in [1.29, 1.82) is 0 Å². The summed E-state index contributed by atoms with van der Waals surface area (Å²) in [4.78, 5) is 22.5. The van der Waals surface area contributed by atoms with E-state index in [1.54, 1.807) is 0 Å². The number of carboxylic acid groups (broad SMARTS) is 1. The van der Waals surface area contributed by atoms with Crippen LogP contribution in [0.2, 0.25) is 0 Å². The molecule has 0 aromatic rings. The van der Waals surface area contributed by atoms with Crippen molar-refractivity contribution >= 4 is 11.9 Å². The number of nitrogens with one attached hydrogen (secondary N) is 1. The van der Waals surface area contributed by atoms with Crippen LogP contribution in [0.4, 0.5) is 0 Å². The fourth-order valence-electron chi connectivity index (χ4n) is 2.35. The highest BCUT2D eigenvalue weighted by atomic mass is 16.4. The first kappa shape index (κ1) is 14.0. The van der Waals surface area contributed by atoms with Gasteiger partial charge in [0.1, 0.15) is 0 Å². The third-order valence-electron chi connectivity index (χ3n) is 3.48. The summed E-state index contributed by atoms with van der Waals surface area (Å²) in [5.74, 6) is -1.11. The van der Waals surface area contributed by atoms with Crippen LogP contribution in [0.3, 0.4) is 0 Å². The molecule has 0 saturated heterocycles. The maximum Gasteiger partial charge on any atom is 0.306 e. The van der Waals surface area contributed by atoms with E-state index in [0.717, 1.165) is 25.8 Å². The van der Waals surface area contributed by atoms with Crippen molar-refractivity contribution in [2.75, 3.05) is 6.54 Å². The molecule has 0 unspecified atom stereocenters. The number of rotatable bonds is 7. The van der Waals surface area contributed by atoms with Gasteiger partial charge in [-0.2, -0.15) is 0 Å². The van der Waals surface area contributed by atoms with Gasteiger partial charge in [0.05, 0.1) is 5.92 Å². The van der Waals surface area contributed by atoms with Crippen LogP contribution in [0.1, 0.15) is 51.9 Å². The highest BCUT2D eigenvalue weighted by Crippen LogP contribution is 2.31. The summed E-state index contributed by atoms with van der Waals surface area (Å²) in [5, 5.41) is 11.8. The number of carboxylic acids is 1. The van der Waals surface area contributed by atoms with Crippen molar-refractivity contribution in [3.8, 4) is 0 Å². The van der Waals surface area contributed by atoms with Crippen LogP contribution in [-0.4, -0.2) is 23.5 Å². The zero-order chi connectivity index (χ0) is 12.7. The Morgan fingerprint density at radius 3 is 2.47 bits per heavy atom. The van der Waals surface area contributed by atoms with Gasteiger partial charge in [0.15, 0.2) is 0 Å². The lowest BCUT2D eigenvalue weighted by atomic mass is 10.0. The van der Waals surface area contributed by atoms with E-state index in [2.05, 4.69) is 12.2 Å². The molecule has 4 nitrogen and oxygen atoms in total. The number of carbonyl (C=O) groups is 2. The Morgan fingerprint density at radius 1 is 1.18 bits per heavy atom. The molecule has 4 heteroatoms. The zero-order valence-corrected chi connectivity index (χ0v) is 10.6. The molecule has 17 heavy (non-hydrogen) atoms. The van der Waals surface area contributed by atoms with E-state index in [4.69, 9.17) is 5.11 Å². The first-order chi connectivity index (χ1) is 8.15. The van der Waals surface area contributed by atoms with Gasteiger partial charge in [-0.1, -0.05) is 26.2 Å². The van der Waals surface area contributed by atoms with E-state index >= 15 is 0 Å². The van der Waals surface area contributed by atoms with Crippen molar-refractivity contribution in [3.05, 3.63) is 0 Å². The summed E-state index contributed by atoms with van der Waals surface area (Å²) in [5.41, 5.74) is 0. The molecule has 0 aromatic carbocycles. The largest absolute Gasteiger partial charge is 0.481 e. The maximum absolute atomic E-state index is 11.7.